The van der Waals surface area contributed by atoms with E-state index in [1.54, 1.807) is 10.9 Å². The molecule has 0 unspecified atom stereocenters. The lowest BCUT2D eigenvalue weighted by atomic mass is 10.1. The molecule has 3 aromatic rings. The molecule has 6 heteroatoms. The summed E-state index contributed by atoms with van der Waals surface area (Å²) in [6, 6.07) is 15.8. The molecule has 0 N–H and O–H groups in total. The van der Waals surface area contributed by atoms with Crippen LogP contribution in [0, 0.1) is 0 Å². The first kappa shape index (κ1) is 15.1. The van der Waals surface area contributed by atoms with E-state index in [0.29, 0.717) is 5.69 Å². The molecule has 1 aliphatic heterocycles. The fraction of sp³-hybridized carbons (Fsp3) is 0.167. The Kier molecular flexibility index (Phi) is 3.69. The van der Waals surface area contributed by atoms with Crippen molar-refractivity contribution in [3.05, 3.63) is 70.5 Å². The third-order valence-corrected chi connectivity index (χ3v) is 4.91. The van der Waals surface area contributed by atoms with E-state index in [1.165, 1.54) is 5.56 Å². The molecule has 0 saturated heterocycles. The zero-order chi connectivity index (χ0) is 16.7. The number of rotatable bonds is 2. The van der Waals surface area contributed by atoms with Crippen molar-refractivity contribution in [1.29, 1.82) is 0 Å². The van der Waals surface area contributed by atoms with Gasteiger partial charge in [-0.3, -0.25) is 4.79 Å². The molecule has 1 aliphatic rings. The van der Waals surface area contributed by atoms with Gasteiger partial charge in [-0.2, -0.15) is 0 Å². The largest absolute Gasteiger partial charge is 0.304 e. The Morgan fingerprint density at radius 3 is 2.62 bits per heavy atom. The predicted octanol–water partition coefficient (Wildman–Crippen LogP) is 3.62. The molecule has 120 valence electrons. The van der Waals surface area contributed by atoms with E-state index < -0.39 is 0 Å². The van der Waals surface area contributed by atoms with Crippen molar-refractivity contribution in [2.75, 3.05) is 4.90 Å². The van der Waals surface area contributed by atoms with Gasteiger partial charge in [0.1, 0.15) is 0 Å². The quantitative estimate of drug-likeness (QED) is 0.679. The lowest BCUT2D eigenvalue weighted by Gasteiger charge is -2.21. The van der Waals surface area contributed by atoms with Crippen molar-refractivity contribution >= 4 is 27.5 Å². The summed E-state index contributed by atoms with van der Waals surface area (Å²) < 4.78 is 2.51. The summed E-state index contributed by atoms with van der Waals surface area (Å²) in [6.45, 7) is 2.05. The molecule has 0 radical (unpaired) electrons. The molecule has 2 aromatic carbocycles. The number of anilines is 1. The number of para-hydroxylation sites is 2. The second kappa shape index (κ2) is 5.87. The van der Waals surface area contributed by atoms with Crippen LogP contribution in [0.4, 0.5) is 5.69 Å². The van der Waals surface area contributed by atoms with Crippen molar-refractivity contribution in [3.63, 3.8) is 0 Å². The molecule has 0 aliphatic carbocycles. The van der Waals surface area contributed by atoms with Crippen LogP contribution >= 0.6 is 15.9 Å². The van der Waals surface area contributed by atoms with Gasteiger partial charge in [-0.1, -0.05) is 35.5 Å². The van der Waals surface area contributed by atoms with Crippen LogP contribution in [0.25, 0.3) is 5.69 Å². The van der Waals surface area contributed by atoms with E-state index in [1.807, 2.05) is 47.4 Å². The lowest BCUT2D eigenvalue weighted by molar-refractivity contribution is 0.0976. The Bertz CT molecular complexity index is 921. The number of benzene rings is 2. The van der Waals surface area contributed by atoms with E-state index in [4.69, 9.17) is 0 Å². The van der Waals surface area contributed by atoms with Crippen molar-refractivity contribution < 1.29 is 4.79 Å². The fourth-order valence-corrected chi connectivity index (χ4v) is 3.58. The normalized spacial score (nSPS) is 16.2. The molecule has 5 nitrogen and oxygen atoms in total. The molecule has 0 saturated carbocycles. The third-order valence-electron chi connectivity index (χ3n) is 4.24. The molecule has 1 amide bonds. The highest BCUT2D eigenvalue weighted by atomic mass is 79.9. The monoisotopic (exact) mass is 382 g/mol. The molecular formula is C18H15BrN4O. The average Bonchev–Trinajstić information content (AvgIpc) is 3.18. The zero-order valence-corrected chi connectivity index (χ0v) is 14.6. The number of nitrogens with zero attached hydrogens (tertiary/aromatic N) is 4. The van der Waals surface area contributed by atoms with E-state index >= 15 is 0 Å². The number of fused-ring (bicyclic) bond motifs is 1. The molecule has 1 aromatic heterocycles. The maximum atomic E-state index is 12.9. The molecular weight excluding hydrogens is 368 g/mol. The number of carbonyl (C=O) groups is 1. The topological polar surface area (TPSA) is 51.0 Å². The number of amides is 1. The minimum Gasteiger partial charge on any atom is -0.304 e. The second-order valence-electron chi connectivity index (χ2n) is 5.86. The summed E-state index contributed by atoms with van der Waals surface area (Å²) in [6.07, 6.45) is 2.54. The first-order valence-corrected chi connectivity index (χ1v) is 8.53. The molecule has 0 fully saturated rings. The number of carbonyl (C=O) groups excluding carboxylic acids is 1. The second-order valence-corrected chi connectivity index (χ2v) is 6.71. The standard InChI is InChI=1S/C18H15BrN4O/c1-12-10-13-6-2-4-8-16(13)23(12)18(24)15-11-22(21-20-15)17-9-5-3-7-14(17)19/h2-9,11-12H,10H2,1H3/t12-/m0/s1. The van der Waals surface area contributed by atoms with Crippen molar-refractivity contribution in [2.45, 2.75) is 19.4 Å². The first-order chi connectivity index (χ1) is 11.6. The van der Waals surface area contributed by atoms with Gasteiger partial charge in [0.05, 0.1) is 11.9 Å². The average molecular weight is 383 g/mol. The van der Waals surface area contributed by atoms with Crippen molar-refractivity contribution in [1.82, 2.24) is 15.0 Å². The molecule has 4 rings (SSSR count). The first-order valence-electron chi connectivity index (χ1n) is 7.74. The zero-order valence-electron chi connectivity index (χ0n) is 13.1. The summed E-state index contributed by atoms with van der Waals surface area (Å²) in [5.74, 6) is -0.120. The Labute approximate surface area is 148 Å². The Morgan fingerprint density at radius 1 is 1.12 bits per heavy atom. The highest BCUT2D eigenvalue weighted by molar-refractivity contribution is 9.10. The van der Waals surface area contributed by atoms with Gasteiger partial charge in [-0.25, -0.2) is 4.68 Å². The van der Waals surface area contributed by atoms with Crippen molar-refractivity contribution in [2.24, 2.45) is 0 Å². The van der Waals surface area contributed by atoms with E-state index in [9.17, 15) is 4.79 Å². The van der Waals surface area contributed by atoms with Crippen molar-refractivity contribution in [3.8, 4) is 5.69 Å². The minimum atomic E-state index is -0.120. The van der Waals surface area contributed by atoms with Crippen LogP contribution in [-0.4, -0.2) is 26.9 Å². The fourth-order valence-electron chi connectivity index (χ4n) is 3.12. The lowest BCUT2D eigenvalue weighted by Crippen LogP contribution is -2.35. The summed E-state index contributed by atoms with van der Waals surface area (Å²) in [5, 5.41) is 8.20. The molecule has 1 atom stereocenters. The van der Waals surface area contributed by atoms with Gasteiger partial charge in [0.15, 0.2) is 5.69 Å². The van der Waals surface area contributed by atoms with Gasteiger partial charge in [0.25, 0.3) is 5.91 Å². The molecule has 0 bridgehead atoms. The van der Waals surface area contributed by atoms with Crippen LogP contribution in [0.2, 0.25) is 0 Å². The van der Waals surface area contributed by atoms with E-state index in [0.717, 1.165) is 22.3 Å². The Hall–Kier alpha value is -2.47. The highest BCUT2D eigenvalue weighted by Crippen LogP contribution is 2.32. The Balaban J connectivity index is 1.68. The summed E-state index contributed by atoms with van der Waals surface area (Å²) >= 11 is 3.49. The molecule has 24 heavy (non-hydrogen) atoms. The van der Waals surface area contributed by atoms with Gasteiger partial charge < -0.3 is 4.90 Å². The smallest absolute Gasteiger partial charge is 0.280 e. The number of hydrogen-bond donors (Lipinski definition) is 0. The van der Waals surface area contributed by atoms with Crippen LogP contribution in [-0.2, 0) is 6.42 Å². The number of halogens is 1. The minimum absolute atomic E-state index is 0.114. The third kappa shape index (κ3) is 2.43. The van der Waals surface area contributed by atoms with Gasteiger partial charge >= 0.3 is 0 Å². The predicted molar refractivity (Wildman–Crippen MR) is 95.5 cm³/mol. The van der Waals surface area contributed by atoms with Crippen LogP contribution in [0.1, 0.15) is 23.0 Å². The highest BCUT2D eigenvalue weighted by Gasteiger charge is 2.32. The van der Waals surface area contributed by atoms with Gasteiger partial charge in [0, 0.05) is 16.2 Å². The maximum Gasteiger partial charge on any atom is 0.280 e. The summed E-state index contributed by atoms with van der Waals surface area (Å²) in [7, 11) is 0. The summed E-state index contributed by atoms with van der Waals surface area (Å²) in [4.78, 5) is 14.8. The molecule has 0 spiro atoms. The van der Waals surface area contributed by atoms with Gasteiger partial charge in [-0.05, 0) is 53.0 Å². The van der Waals surface area contributed by atoms with Crippen LogP contribution in [0.5, 0.6) is 0 Å². The SMILES string of the molecule is C[C@H]1Cc2ccccc2N1C(=O)c1cn(-c2ccccc2Br)nn1. The van der Waals surface area contributed by atoms with E-state index in [-0.39, 0.29) is 11.9 Å². The van der Waals surface area contributed by atoms with Gasteiger partial charge in [-0.15, -0.1) is 5.10 Å². The number of hydrogen-bond acceptors (Lipinski definition) is 3. The van der Waals surface area contributed by atoms with Gasteiger partial charge in [0.2, 0.25) is 0 Å². The number of aromatic nitrogens is 3. The van der Waals surface area contributed by atoms with Crippen LogP contribution < -0.4 is 4.90 Å². The maximum absolute atomic E-state index is 12.9. The van der Waals surface area contributed by atoms with Crippen LogP contribution in [0.3, 0.4) is 0 Å². The van der Waals surface area contributed by atoms with Crippen LogP contribution in [0.15, 0.2) is 59.2 Å². The Morgan fingerprint density at radius 2 is 1.83 bits per heavy atom. The summed E-state index contributed by atoms with van der Waals surface area (Å²) in [5.41, 5.74) is 3.34. The molecule has 2 heterocycles. The van der Waals surface area contributed by atoms with E-state index in [2.05, 4.69) is 39.2 Å².